The first-order valence-corrected chi connectivity index (χ1v) is 11.2. The summed E-state index contributed by atoms with van der Waals surface area (Å²) in [6, 6.07) is 12.7. The fourth-order valence-electron chi connectivity index (χ4n) is 3.33. The zero-order valence-electron chi connectivity index (χ0n) is 16.5. The predicted molar refractivity (Wildman–Crippen MR) is 111 cm³/mol. The molecule has 1 aliphatic rings. The predicted octanol–water partition coefficient (Wildman–Crippen LogP) is 2.72. The van der Waals surface area contributed by atoms with Crippen molar-refractivity contribution in [3.8, 4) is 0 Å². The number of amides is 1. The maximum absolute atomic E-state index is 12.9. The van der Waals surface area contributed by atoms with Crippen LogP contribution in [-0.4, -0.2) is 56.3 Å². The maximum atomic E-state index is 12.9. The van der Waals surface area contributed by atoms with E-state index in [2.05, 4.69) is 12.2 Å². The molecule has 0 spiro atoms. The molecule has 1 aliphatic heterocycles. The van der Waals surface area contributed by atoms with Crippen LogP contribution < -0.4 is 5.32 Å². The minimum Gasteiger partial charge on any atom is -0.325 e. The van der Waals surface area contributed by atoms with Gasteiger partial charge in [0.2, 0.25) is 15.9 Å². The Morgan fingerprint density at radius 3 is 2.21 bits per heavy atom. The van der Waals surface area contributed by atoms with Gasteiger partial charge in [-0.3, -0.25) is 9.69 Å². The van der Waals surface area contributed by atoms with Crippen LogP contribution in [0.5, 0.6) is 0 Å². The summed E-state index contributed by atoms with van der Waals surface area (Å²) in [5, 5.41) is 2.72. The van der Waals surface area contributed by atoms with Gasteiger partial charge in [-0.15, -0.1) is 0 Å². The highest BCUT2D eigenvalue weighted by Crippen LogP contribution is 2.19. The second kappa shape index (κ2) is 9.47. The summed E-state index contributed by atoms with van der Waals surface area (Å²) in [6.45, 7) is 3.88. The smallest absolute Gasteiger partial charge is 0.243 e. The molecule has 0 aliphatic carbocycles. The van der Waals surface area contributed by atoms with Gasteiger partial charge in [-0.2, -0.15) is 4.31 Å². The van der Waals surface area contributed by atoms with Gasteiger partial charge >= 0.3 is 0 Å². The standard InChI is InChI=1S/C21H26FN3O3S/c1-2-3-17-4-10-20(11-5-17)29(27,28)25-14-12-24(13-15-25)16-21(26)23-19-8-6-18(22)7-9-19/h4-11H,2-3,12-16H2,1H3,(H,23,26). The fraction of sp³-hybridized carbons (Fsp3) is 0.381. The molecule has 1 amide bonds. The lowest BCUT2D eigenvalue weighted by Gasteiger charge is -2.33. The van der Waals surface area contributed by atoms with Crippen molar-refractivity contribution < 1.29 is 17.6 Å². The zero-order chi connectivity index (χ0) is 20.9. The van der Waals surface area contributed by atoms with Crippen LogP contribution in [0.15, 0.2) is 53.4 Å². The van der Waals surface area contributed by atoms with Crippen LogP contribution in [0.2, 0.25) is 0 Å². The van der Waals surface area contributed by atoms with Crippen molar-refractivity contribution in [3.05, 3.63) is 59.9 Å². The van der Waals surface area contributed by atoms with E-state index < -0.39 is 10.0 Å². The number of rotatable bonds is 7. The molecule has 0 saturated carbocycles. The highest BCUT2D eigenvalue weighted by Gasteiger charge is 2.29. The number of carbonyl (C=O) groups excluding carboxylic acids is 1. The number of nitrogens with one attached hydrogen (secondary N) is 1. The average Bonchev–Trinajstić information content (AvgIpc) is 2.71. The molecular formula is C21H26FN3O3S. The van der Waals surface area contributed by atoms with Gasteiger partial charge in [0, 0.05) is 31.9 Å². The molecule has 156 valence electrons. The molecule has 1 saturated heterocycles. The molecular weight excluding hydrogens is 393 g/mol. The Morgan fingerprint density at radius 1 is 1.00 bits per heavy atom. The molecule has 0 atom stereocenters. The largest absolute Gasteiger partial charge is 0.325 e. The first-order valence-electron chi connectivity index (χ1n) is 9.75. The number of anilines is 1. The van der Waals surface area contributed by atoms with Crippen molar-refractivity contribution >= 4 is 21.6 Å². The molecule has 2 aromatic rings. The van der Waals surface area contributed by atoms with Crippen LogP contribution in [0.25, 0.3) is 0 Å². The second-order valence-electron chi connectivity index (χ2n) is 7.13. The topological polar surface area (TPSA) is 69.7 Å². The lowest BCUT2D eigenvalue weighted by molar-refractivity contribution is -0.117. The van der Waals surface area contributed by atoms with Gasteiger partial charge in [-0.1, -0.05) is 25.5 Å². The van der Waals surface area contributed by atoms with Gasteiger partial charge in [0.25, 0.3) is 0 Å². The van der Waals surface area contributed by atoms with Crippen LogP contribution >= 0.6 is 0 Å². The van der Waals surface area contributed by atoms with Crippen LogP contribution in [0.3, 0.4) is 0 Å². The summed E-state index contributed by atoms with van der Waals surface area (Å²) in [5.74, 6) is -0.570. The second-order valence-corrected chi connectivity index (χ2v) is 9.07. The Balaban J connectivity index is 1.52. The van der Waals surface area contributed by atoms with Crippen molar-refractivity contribution in [1.82, 2.24) is 9.21 Å². The van der Waals surface area contributed by atoms with E-state index in [1.165, 1.54) is 28.6 Å². The Kier molecular flexibility index (Phi) is 7.00. The minimum absolute atomic E-state index is 0.164. The number of benzene rings is 2. The van der Waals surface area contributed by atoms with E-state index in [0.717, 1.165) is 18.4 Å². The van der Waals surface area contributed by atoms with Crippen LogP contribution in [0, 0.1) is 5.82 Å². The maximum Gasteiger partial charge on any atom is 0.243 e. The first kappa shape index (κ1) is 21.4. The lowest BCUT2D eigenvalue weighted by atomic mass is 10.1. The van der Waals surface area contributed by atoms with E-state index in [1.54, 1.807) is 12.1 Å². The third-order valence-electron chi connectivity index (χ3n) is 4.93. The number of nitrogens with zero attached hydrogens (tertiary/aromatic N) is 2. The SMILES string of the molecule is CCCc1ccc(S(=O)(=O)N2CCN(CC(=O)Nc3ccc(F)cc3)CC2)cc1. The molecule has 0 radical (unpaired) electrons. The van der Waals surface area contributed by atoms with Gasteiger partial charge in [-0.05, 0) is 48.4 Å². The number of carbonyl (C=O) groups is 1. The quantitative estimate of drug-likeness (QED) is 0.749. The summed E-state index contributed by atoms with van der Waals surface area (Å²) in [7, 11) is -3.53. The number of halogens is 1. The molecule has 0 bridgehead atoms. The molecule has 0 aromatic heterocycles. The van der Waals surface area contributed by atoms with Crippen molar-refractivity contribution in [2.75, 3.05) is 38.0 Å². The molecule has 0 unspecified atom stereocenters. The van der Waals surface area contributed by atoms with Crippen molar-refractivity contribution in [3.63, 3.8) is 0 Å². The summed E-state index contributed by atoms with van der Waals surface area (Å²) >= 11 is 0. The van der Waals surface area contributed by atoms with E-state index in [0.29, 0.717) is 36.8 Å². The zero-order valence-corrected chi connectivity index (χ0v) is 17.3. The normalized spacial score (nSPS) is 15.9. The van der Waals surface area contributed by atoms with E-state index in [1.807, 2.05) is 17.0 Å². The average molecular weight is 420 g/mol. The number of sulfonamides is 1. The third kappa shape index (κ3) is 5.62. The molecule has 8 heteroatoms. The highest BCUT2D eigenvalue weighted by atomic mass is 32.2. The van der Waals surface area contributed by atoms with Crippen molar-refractivity contribution in [2.45, 2.75) is 24.7 Å². The minimum atomic E-state index is -3.53. The first-order chi connectivity index (χ1) is 13.9. The summed E-state index contributed by atoms with van der Waals surface area (Å²) in [4.78, 5) is 14.4. The Labute approximate surface area is 171 Å². The van der Waals surface area contributed by atoms with Crippen LogP contribution in [0.4, 0.5) is 10.1 Å². The molecule has 3 rings (SSSR count). The molecule has 29 heavy (non-hydrogen) atoms. The van der Waals surface area contributed by atoms with Gasteiger partial charge in [0.1, 0.15) is 5.82 Å². The monoisotopic (exact) mass is 419 g/mol. The molecule has 1 N–H and O–H groups in total. The molecule has 2 aromatic carbocycles. The third-order valence-corrected chi connectivity index (χ3v) is 6.84. The fourth-order valence-corrected chi connectivity index (χ4v) is 4.75. The van der Waals surface area contributed by atoms with Gasteiger partial charge in [0.05, 0.1) is 11.4 Å². The molecule has 1 heterocycles. The summed E-state index contributed by atoms with van der Waals surface area (Å²) < 4.78 is 40.1. The van der Waals surface area contributed by atoms with E-state index in [-0.39, 0.29) is 18.3 Å². The molecule has 1 fully saturated rings. The lowest BCUT2D eigenvalue weighted by Crippen LogP contribution is -2.50. The van der Waals surface area contributed by atoms with Crippen molar-refractivity contribution in [2.24, 2.45) is 0 Å². The molecule has 6 nitrogen and oxygen atoms in total. The number of aryl methyl sites for hydroxylation is 1. The van der Waals surface area contributed by atoms with Crippen molar-refractivity contribution in [1.29, 1.82) is 0 Å². The Morgan fingerprint density at radius 2 is 1.62 bits per heavy atom. The summed E-state index contributed by atoms with van der Waals surface area (Å²) in [5.41, 5.74) is 1.66. The van der Waals surface area contributed by atoms with Gasteiger partial charge < -0.3 is 5.32 Å². The Bertz CT molecular complexity index is 923. The van der Waals surface area contributed by atoms with Gasteiger partial charge in [-0.25, -0.2) is 12.8 Å². The van der Waals surface area contributed by atoms with Gasteiger partial charge in [0.15, 0.2) is 0 Å². The summed E-state index contributed by atoms with van der Waals surface area (Å²) in [6.07, 6.45) is 1.95. The number of hydrogen-bond acceptors (Lipinski definition) is 4. The van der Waals surface area contributed by atoms with E-state index in [4.69, 9.17) is 0 Å². The number of piperazine rings is 1. The highest BCUT2D eigenvalue weighted by molar-refractivity contribution is 7.89. The van der Waals surface area contributed by atoms with E-state index >= 15 is 0 Å². The van der Waals surface area contributed by atoms with Crippen LogP contribution in [-0.2, 0) is 21.2 Å². The van der Waals surface area contributed by atoms with E-state index in [9.17, 15) is 17.6 Å². The Hall–Kier alpha value is -2.29. The number of hydrogen-bond donors (Lipinski definition) is 1. The van der Waals surface area contributed by atoms with Crippen LogP contribution in [0.1, 0.15) is 18.9 Å².